The van der Waals surface area contributed by atoms with Gasteiger partial charge >= 0.3 is 0 Å². The number of aromatic nitrogens is 2. The standard InChI is InChI=1S/C27H19FN2/c28-24-19-11-10-18-23(24)27-29-25(20-12-4-1-5-13-20)26(21-14-6-2-7-15-21)30(27)22-16-8-3-9-17-22/h1-19H. The van der Waals surface area contributed by atoms with Gasteiger partial charge in [0.05, 0.1) is 17.0 Å². The van der Waals surface area contributed by atoms with Crippen molar-refractivity contribution >= 4 is 0 Å². The van der Waals surface area contributed by atoms with Gasteiger partial charge in [0.2, 0.25) is 0 Å². The molecule has 0 amide bonds. The molecule has 0 aliphatic carbocycles. The minimum absolute atomic E-state index is 0.293. The van der Waals surface area contributed by atoms with Crippen LogP contribution in [0.5, 0.6) is 0 Å². The molecule has 0 spiro atoms. The van der Waals surface area contributed by atoms with Crippen LogP contribution in [-0.4, -0.2) is 9.55 Å². The van der Waals surface area contributed by atoms with Gasteiger partial charge in [0.25, 0.3) is 0 Å². The summed E-state index contributed by atoms with van der Waals surface area (Å²) in [6.45, 7) is 0. The van der Waals surface area contributed by atoms with Crippen molar-refractivity contribution in [3.63, 3.8) is 0 Å². The number of para-hydroxylation sites is 1. The molecule has 1 aromatic heterocycles. The highest BCUT2D eigenvalue weighted by molar-refractivity contribution is 5.84. The normalized spacial score (nSPS) is 10.8. The summed E-state index contributed by atoms with van der Waals surface area (Å²) in [6, 6.07) is 37.0. The first-order valence-corrected chi connectivity index (χ1v) is 9.87. The van der Waals surface area contributed by atoms with Gasteiger partial charge in [0, 0.05) is 16.8 Å². The minimum atomic E-state index is -0.293. The number of benzene rings is 4. The average molecular weight is 390 g/mol. The first-order valence-electron chi connectivity index (χ1n) is 9.87. The van der Waals surface area contributed by atoms with Crippen molar-refractivity contribution in [1.29, 1.82) is 0 Å². The van der Waals surface area contributed by atoms with Crippen molar-refractivity contribution in [3.8, 4) is 39.6 Å². The highest BCUT2D eigenvalue weighted by atomic mass is 19.1. The van der Waals surface area contributed by atoms with Crippen LogP contribution in [0, 0.1) is 5.82 Å². The van der Waals surface area contributed by atoms with Crippen LogP contribution in [-0.2, 0) is 0 Å². The molecule has 5 aromatic rings. The monoisotopic (exact) mass is 390 g/mol. The first-order chi connectivity index (χ1) is 14.8. The lowest BCUT2D eigenvalue weighted by Gasteiger charge is -2.14. The van der Waals surface area contributed by atoms with E-state index in [4.69, 9.17) is 4.98 Å². The smallest absolute Gasteiger partial charge is 0.148 e. The van der Waals surface area contributed by atoms with Crippen molar-refractivity contribution < 1.29 is 4.39 Å². The summed E-state index contributed by atoms with van der Waals surface area (Å²) in [5.74, 6) is 0.288. The summed E-state index contributed by atoms with van der Waals surface area (Å²) in [6.07, 6.45) is 0. The molecular weight excluding hydrogens is 371 g/mol. The van der Waals surface area contributed by atoms with Gasteiger partial charge in [-0.3, -0.25) is 4.57 Å². The molecule has 0 radical (unpaired) electrons. The SMILES string of the molecule is Fc1ccccc1-c1nc(-c2ccccc2)c(-c2ccccc2)n1-c1ccccc1. The second-order valence-electron chi connectivity index (χ2n) is 7.02. The number of rotatable bonds is 4. The van der Waals surface area contributed by atoms with E-state index in [1.807, 2.05) is 84.9 Å². The van der Waals surface area contributed by atoms with Crippen LogP contribution < -0.4 is 0 Å². The lowest BCUT2D eigenvalue weighted by Crippen LogP contribution is -2.01. The molecule has 0 aliphatic heterocycles. The molecule has 1 heterocycles. The molecule has 0 unspecified atom stereocenters. The Morgan fingerprint density at radius 3 is 1.73 bits per heavy atom. The molecule has 30 heavy (non-hydrogen) atoms. The lowest BCUT2D eigenvalue weighted by atomic mass is 10.0. The molecule has 3 heteroatoms. The second kappa shape index (κ2) is 7.80. The van der Waals surface area contributed by atoms with Crippen molar-refractivity contribution in [2.45, 2.75) is 0 Å². The Labute approximate surface area is 174 Å². The van der Waals surface area contributed by atoms with Gasteiger partial charge in [-0.15, -0.1) is 0 Å². The van der Waals surface area contributed by atoms with Gasteiger partial charge in [-0.2, -0.15) is 0 Å². The van der Waals surface area contributed by atoms with E-state index >= 15 is 0 Å². The van der Waals surface area contributed by atoms with E-state index < -0.39 is 0 Å². The lowest BCUT2D eigenvalue weighted by molar-refractivity contribution is 0.629. The summed E-state index contributed by atoms with van der Waals surface area (Å²) in [4.78, 5) is 4.99. The molecule has 4 aromatic carbocycles. The van der Waals surface area contributed by atoms with Crippen LogP contribution in [0.4, 0.5) is 4.39 Å². The number of nitrogens with zero attached hydrogens (tertiary/aromatic N) is 2. The summed E-state index contributed by atoms with van der Waals surface area (Å²) in [7, 11) is 0. The summed E-state index contributed by atoms with van der Waals surface area (Å²) in [5.41, 5.74) is 5.18. The number of hydrogen-bond acceptors (Lipinski definition) is 1. The van der Waals surface area contributed by atoms with Crippen molar-refractivity contribution in [2.24, 2.45) is 0 Å². The van der Waals surface area contributed by atoms with Crippen LogP contribution in [0.3, 0.4) is 0 Å². The zero-order valence-electron chi connectivity index (χ0n) is 16.2. The predicted molar refractivity (Wildman–Crippen MR) is 120 cm³/mol. The Kier molecular flexibility index (Phi) is 4.70. The summed E-state index contributed by atoms with van der Waals surface area (Å²) < 4.78 is 16.9. The van der Waals surface area contributed by atoms with Gasteiger partial charge in [-0.05, 0) is 24.3 Å². The van der Waals surface area contributed by atoms with Gasteiger partial charge < -0.3 is 0 Å². The predicted octanol–water partition coefficient (Wildman–Crippen LogP) is 7.01. The Balaban J connectivity index is 1.91. The van der Waals surface area contributed by atoms with Crippen LogP contribution in [0.2, 0.25) is 0 Å². The highest BCUT2D eigenvalue weighted by Gasteiger charge is 2.23. The molecule has 2 nitrogen and oxygen atoms in total. The van der Waals surface area contributed by atoms with E-state index in [0.717, 1.165) is 28.2 Å². The molecule has 5 rings (SSSR count). The van der Waals surface area contributed by atoms with Gasteiger partial charge in [-0.1, -0.05) is 91.0 Å². The van der Waals surface area contributed by atoms with Crippen LogP contribution >= 0.6 is 0 Å². The molecule has 0 aliphatic rings. The second-order valence-corrected chi connectivity index (χ2v) is 7.02. The topological polar surface area (TPSA) is 17.8 Å². The fraction of sp³-hybridized carbons (Fsp3) is 0. The molecule has 0 N–H and O–H groups in total. The number of halogens is 1. The zero-order valence-corrected chi connectivity index (χ0v) is 16.2. The third-order valence-electron chi connectivity index (χ3n) is 5.10. The van der Waals surface area contributed by atoms with E-state index in [2.05, 4.69) is 16.7 Å². The Bertz CT molecular complexity index is 1280. The third kappa shape index (κ3) is 3.20. The maximum absolute atomic E-state index is 14.9. The largest absolute Gasteiger partial charge is 0.292 e. The van der Waals surface area contributed by atoms with Crippen molar-refractivity contribution in [2.75, 3.05) is 0 Å². The Hall–Kier alpha value is -3.98. The third-order valence-corrected chi connectivity index (χ3v) is 5.10. The van der Waals surface area contributed by atoms with E-state index in [-0.39, 0.29) is 5.82 Å². The molecular formula is C27H19FN2. The van der Waals surface area contributed by atoms with Crippen LogP contribution in [0.15, 0.2) is 115 Å². The fourth-order valence-electron chi connectivity index (χ4n) is 3.73. The molecule has 0 atom stereocenters. The number of imidazole rings is 1. The molecule has 144 valence electrons. The Morgan fingerprint density at radius 1 is 0.567 bits per heavy atom. The number of hydrogen-bond donors (Lipinski definition) is 0. The fourth-order valence-corrected chi connectivity index (χ4v) is 3.73. The summed E-state index contributed by atoms with van der Waals surface area (Å²) in [5, 5.41) is 0. The van der Waals surface area contributed by atoms with Crippen molar-refractivity contribution in [1.82, 2.24) is 9.55 Å². The quantitative estimate of drug-likeness (QED) is 0.323. The minimum Gasteiger partial charge on any atom is -0.292 e. The molecule has 0 saturated carbocycles. The summed E-state index contributed by atoms with van der Waals surface area (Å²) >= 11 is 0. The van der Waals surface area contributed by atoms with Crippen LogP contribution in [0.25, 0.3) is 39.6 Å². The average Bonchev–Trinajstić information content (AvgIpc) is 3.21. The molecule has 0 bridgehead atoms. The van der Waals surface area contributed by atoms with E-state index in [1.54, 1.807) is 12.1 Å². The maximum Gasteiger partial charge on any atom is 0.148 e. The Morgan fingerprint density at radius 2 is 1.10 bits per heavy atom. The van der Waals surface area contributed by atoms with E-state index in [9.17, 15) is 4.39 Å². The van der Waals surface area contributed by atoms with Gasteiger partial charge in [-0.25, -0.2) is 9.37 Å². The maximum atomic E-state index is 14.9. The first kappa shape index (κ1) is 18.1. The van der Waals surface area contributed by atoms with Gasteiger partial charge in [0.15, 0.2) is 0 Å². The van der Waals surface area contributed by atoms with E-state index in [1.165, 1.54) is 6.07 Å². The van der Waals surface area contributed by atoms with Gasteiger partial charge in [0.1, 0.15) is 11.6 Å². The zero-order chi connectivity index (χ0) is 20.3. The van der Waals surface area contributed by atoms with E-state index in [0.29, 0.717) is 11.4 Å². The molecule has 0 saturated heterocycles. The highest BCUT2D eigenvalue weighted by Crippen LogP contribution is 2.38. The molecule has 0 fully saturated rings. The van der Waals surface area contributed by atoms with Crippen molar-refractivity contribution in [3.05, 3.63) is 121 Å². The van der Waals surface area contributed by atoms with Crippen LogP contribution in [0.1, 0.15) is 0 Å².